The second kappa shape index (κ2) is 6.21. The smallest absolute Gasteiger partial charge is 0.191 e. The van der Waals surface area contributed by atoms with Crippen LogP contribution in [0, 0.1) is 6.92 Å². The maximum atomic E-state index is 4.42. The Labute approximate surface area is 127 Å². The second-order valence-electron chi connectivity index (χ2n) is 4.95. The summed E-state index contributed by atoms with van der Waals surface area (Å²) < 4.78 is 2.18. The summed E-state index contributed by atoms with van der Waals surface area (Å²) in [7, 11) is 1.76. The maximum Gasteiger partial charge on any atom is 0.191 e. The van der Waals surface area contributed by atoms with Gasteiger partial charge < -0.3 is 15.2 Å². The molecule has 2 aromatic rings. The number of aryl methyl sites for hydroxylation is 2. The van der Waals surface area contributed by atoms with Gasteiger partial charge in [-0.15, -0.1) is 21.5 Å². The summed E-state index contributed by atoms with van der Waals surface area (Å²) >= 11 is 1.65. The lowest BCUT2D eigenvalue weighted by molar-refractivity contribution is 0.662. The predicted molar refractivity (Wildman–Crippen MR) is 82.2 cm³/mol. The van der Waals surface area contributed by atoms with E-state index in [4.69, 9.17) is 0 Å². The van der Waals surface area contributed by atoms with Gasteiger partial charge in [-0.25, -0.2) is 4.98 Å². The van der Waals surface area contributed by atoms with Gasteiger partial charge in [0, 0.05) is 31.1 Å². The van der Waals surface area contributed by atoms with Crippen LogP contribution in [0.2, 0.25) is 0 Å². The molecule has 0 fully saturated rings. The van der Waals surface area contributed by atoms with Crippen LogP contribution in [-0.4, -0.2) is 32.8 Å². The molecule has 0 spiro atoms. The van der Waals surface area contributed by atoms with Crippen LogP contribution < -0.4 is 10.6 Å². The highest BCUT2D eigenvalue weighted by Gasteiger charge is 2.17. The number of fused-ring (bicyclic) bond motifs is 1. The summed E-state index contributed by atoms with van der Waals surface area (Å²) in [4.78, 5) is 8.64. The second-order valence-corrected chi connectivity index (χ2v) is 5.89. The minimum absolute atomic E-state index is 0.629. The molecule has 0 aromatic carbocycles. The Hall–Kier alpha value is -1.96. The van der Waals surface area contributed by atoms with Gasteiger partial charge in [-0.2, -0.15) is 0 Å². The molecule has 0 unspecified atom stereocenters. The fraction of sp³-hybridized carbons (Fsp3) is 0.538. The number of hydrogen-bond donors (Lipinski definition) is 2. The molecule has 0 bridgehead atoms. The standard InChI is InChI=1S/C13H19N7S/c1-9-8-21-12(17-9)7-16-13(14-2)15-6-11-19-18-10-4-3-5-20(10)11/h8H,3-7H2,1-2H3,(H2,14,15,16). The number of guanidine groups is 1. The Morgan fingerprint density at radius 1 is 1.38 bits per heavy atom. The molecular weight excluding hydrogens is 286 g/mol. The lowest BCUT2D eigenvalue weighted by Crippen LogP contribution is -2.37. The topological polar surface area (TPSA) is 80.0 Å². The van der Waals surface area contributed by atoms with Crippen molar-refractivity contribution in [1.82, 2.24) is 30.4 Å². The normalized spacial score (nSPS) is 14.3. The number of thiazole rings is 1. The van der Waals surface area contributed by atoms with Gasteiger partial charge in [0.25, 0.3) is 0 Å². The SMILES string of the molecule is CN=C(NCc1nc(C)cs1)NCc1nnc2n1CCC2. The molecule has 1 aliphatic rings. The van der Waals surface area contributed by atoms with Gasteiger partial charge in [0.1, 0.15) is 10.8 Å². The quantitative estimate of drug-likeness (QED) is 0.647. The third kappa shape index (κ3) is 3.21. The third-order valence-electron chi connectivity index (χ3n) is 3.40. The number of rotatable bonds is 4. The Morgan fingerprint density at radius 2 is 2.24 bits per heavy atom. The number of aliphatic imine (C=N–C) groups is 1. The van der Waals surface area contributed by atoms with E-state index in [-0.39, 0.29) is 0 Å². The molecule has 0 radical (unpaired) electrons. The van der Waals surface area contributed by atoms with Gasteiger partial charge >= 0.3 is 0 Å². The molecule has 0 saturated heterocycles. The van der Waals surface area contributed by atoms with E-state index in [1.165, 1.54) is 0 Å². The summed E-state index contributed by atoms with van der Waals surface area (Å²) in [6, 6.07) is 0. The molecule has 21 heavy (non-hydrogen) atoms. The fourth-order valence-corrected chi connectivity index (χ4v) is 3.08. The van der Waals surface area contributed by atoms with Crippen LogP contribution in [0.25, 0.3) is 0 Å². The Morgan fingerprint density at radius 3 is 3.00 bits per heavy atom. The molecule has 8 heteroatoms. The van der Waals surface area contributed by atoms with Gasteiger partial charge in [-0.1, -0.05) is 0 Å². The summed E-state index contributed by atoms with van der Waals surface area (Å²) in [5.41, 5.74) is 1.05. The monoisotopic (exact) mass is 305 g/mol. The minimum Gasteiger partial charge on any atom is -0.350 e. The molecule has 7 nitrogen and oxygen atoms in total. The fourth-order valence-electron chi connectivity index (χ4n) is 2.37. The summed E-state index contributed by atoms with van der Waals surface area (Å²) in [5, 5.41) is 18.1. The van der Waals surface area contributed by atoms with E-state index in [1.54, 1.807) is 18.4 Å². The van der Waals surface area contributed by atoms with Crippen molar-refractivity contribution in [2.75, 3.05) is 7.05 Å². The maximum absolute atomic E-state index is 4.42. The van der Waals surface area contributed by atoms with Crippen molar-refractivity contribution >= 4 is 17.3 Å². The Bertz CT molecular complexity index is 643. The van der Waals surface area contributed by atoms with E-state index in [2.05, 4.69) is 35.4 Å². The first-order chi connectivity index (χ1) is 10.3. The average molecular weight is 305 g/mol. The lowest BCUT2D eigenvalue weighted by atomic mass is 10.4. The van der Waals surface area contributed by atoms with Crippen molar-refractivity contribution in [1.29, 1.82) is 0 Å². The molecular formula is C13H19N7S. The average Bonchev–Trinajstić information content (AvgIpc) is 3.17. The molecule has 0 saturated carbocycles. The lowest BCUT2D eigenvalue weighted by Gasteiger charge is -2.10. The Kier molecular flexibility index (Phi) is 4.14. The first-order valence-corrected chi connectivity index (χ1v) is 7.90. The highest BCUT2D eigenvalue weighted by Crippen LogP contribution is 2.13. The van der Waals surface area contributed by atoms with Crippen molar-refractivity contribution in [2.24, 2.45) is 4.99 Å². The third-order valence-corrected chi connectivity index (χ3v) is 4.36. The summed E-state index contributed by atoms with van der Waals surface area (Å²) in [6.07, 6.45) is 2.19. The van der Waals surface area contributed by atoms with Crippen LogP contribution in [0.15, 0.2) is 10.4 Å². The van der Waals surface area contributed by atoms with E-state index in [1.807, 2.05) is 12.3 Å². The molecule has 3 heterocycles. The zero-order chi connectivity index (χ0) is 14.7. The summed E-state index contributed by atoms with van der Waals surface area (Å²) in [6.45, 7) is 4.32. The Balaban J connectivity index is 1.53. The van der Waals surface area contributed by atoms with Crippen molar-refractivity contribution in [3.8, 4) is 0 Å². The highest BCUT2D eigenvalue weighted by molar-refractivity contribution is 7.09. The molecule has 1 aliphatic heterocycles. The largest absolute Gasteiger partial charge is 0.350 e. The van der Waals surface area contributed by atoms with Crippen LogP contribution >= 0.6 is 11.3 Å². The van der Waals surface area contributed by atoms with Gasteiger partial charge in [-0.05, 0) is 13.3 Å². The molecule has 2 N–H and O–H groups in total. The number of aromatic nitrogens is 4. The number of hydrogen-bond acceptors (Lipinski definition) is 5. The van der Waals surface area contributed by atoms with Gasteiger partial charge in [0.05, 0.1) is 13.1 Å². The van der Waals surface area contributed by atoms with Gasteiger partial charge in [0.15, 0.2) is 11.8 Å². The van der Waals surface area contributed by atoms with Crippen molar-refractivity contribution in [3.05, 3.63) is 27.7 Å². The number of nitrogens with one attached hydrogen (secondary N) is 2. The molecule has 3 rings (SSSR count). The molecule has 0 amide bonds. The first kappa shape index (κ1) is 14.0. The van der Waals surface area contributed by atoms with E-state index in [0.29, 0.717) is 13.1 Å². The zero-order valence-corrected chi connectivity index (χ0v) is 13.1. The van der Waals surface area contributed by atoms with Crippen LogP contribution in [0.4, 0.5) is 0 Å². The van der Waals surface area contributed by atoms with Crippen LogP contribution in [0.3, 0.4) is 0 Å². The number of nitrogens with zero attached hydrogens (tertiary/aromatic N) is 5. The van der Waals surface area contributed by atoms with Crippen molar-refractivity contribution < 1.29 is 0 Å². The van der Waals surface area contributed by atoms with Crippen molar-refractivity contribution in [2.45, 2.75) is 39.4 Å². The molecule has 2 aromatic heterocycles. The van der Waals surface area contributed by atoms with Crippen LogP contribution in [0.5, 0.6) is 0 Å². The van der Waals surface area contributed by atoms with Crippen LogP contribution in [-0.2, 0) is 26.1 Å². The predicted octanol–water partition coefficient (Wildman–Crippen LogP) is 0.854. The van der Waals surface area contributed by atoms with Gasteiger partial charge in [-0.3, -0.25) is 4.99 Å². The van der Waals surface area contributed by atoms with Crippen LogP contribution in [0.1, 0.15) is 28.8 Å². The first-order valence-electron chi connectivity index (χ1n) is 7.02. The summed E-state index contributed by atoms with van der Waals surface area (Å²) in [5.74, 6) is 2.81. The molecule has 112 valence electrons. The highest BCUT2D eigenvalue weighted by atomic mass is 32.1. The van der Waals surface area contributed by atoms with Gasteiger partial charge in [0.2, 0.25) is 0 Å². The van der Waals surface area contributed by atoms with E-state index in [9.17, 15) is 0 Å². The minimum atomic E-state index is 0.629. The van der Waals surface area contributed by atoms with Crippen molar-refractivity contribution in [3.63, 3.8) is 0 Å². The van der Waals surface area contributed by atoms with E-state index in [0.717, 1.165) is 47.7 Å². The molecule has 0 atom stereocenters. The van der Waals surface area contributed by atoms with E-state index < -0.39 is 0 Å². The van der Waals surface area contributed by atoms with E-state index >= 15 is 0 Å². The molecule has 0 aliphatic carbocycles. The zero-order valence-electron chi connectivity index (χ0n) is 12.3.